The van der Waals surface area contributed by atoms with Crippen LogP contribution in [0.1, 0.15) is 64.7 Å². The molecule has 0 aromatic heterocycles. The van der Waals surface area contributed by atoms with Gasteiger partial charge in [-0.2, -0.15) is 0 Å². The summed E-state index contributed by atoms with van der Waals surface area (Å²) in [5.74, 6) is 1.56. The van der Waals surface area contributed by atoms with Crippen molar-refractivity contribution in [1.82, 2.24) is 16.0 Å². The molecule has 1 aliphatic carbocycles. The number of rotatable bonds is 6. The van der Waals surface area contributed by atoms with Gasteiger partial charge in [0.15, 0.2) is 0 Å². The number of piperidine rings is 1. The fourth-order valence-corrected chi connectivity index (χ4v) is 3.65. The molecule has 1 heterocycles. The molecule has 21 heavy (non-hydrogen) atoms. The summed E-state index contributed by atoms with van der Waals surface area (Å²) in [5.41, 5.74) is 0. The van der Waals surface area contributed by atoms with Gasteiger partial charge in [0.2, 0.25) is 0 Å². The first-order chi connectivity index (χ1) is 10.3. The molecule has 0 unspecified atom stereocenters. The predicted octanol–water partition coefficient (Wildman–Crippen LogP) is 3.03. The number of carbonyl (C=O) groups excluding carboxylic acids is 1. The normalized spacial score (nSPS) is 27.3. The minimum atomic E-state index is 0.0468. The van der Waals surface area contributed by atoms with Gasteiger partial charge in [0.1, 0.15) is 0 Å². The Morgan fingerprint density at radius 3 is 2.43 bits per heavy atom. The molecule has 0 aromatic rings. The van der Waals surface area contributed by atoms with E-state index in [0.717, 1.165) is 38.4 Å². The van der Waals surface area contributed by atoms with Crippen LogP contribution in [0.2, 0.25) is 0 Å². The first kappa shape index (κ1) is 16.6. The Morgan fingerprint density at radius 2 is 1.76 bits per heavy atom. The van der Waals surface area contributed by atoms with E-state index >= 15 is 0 Å². The maximum atomic E-state index is 12.0. The largest absolute Gasteiger partial charge is 0.338 e. The molecule has 4 heteroatoms. The van der Waals surface area contributed by atoms with Gasteiger partial charge in [-0.3, -0.25) is 0 Å². The zero-order chi connectivity index (χ0) is 14.9. The smallest absolute Gasteiger partial charge is 0.315 e. The molecule has 0 bridgehead atoms. The van der Waals surface area contributed by atoms with E-state index in [9.17, 15) is 4.79 Å². The Hall–Kier alpha value is -0.770. The van der Waals surface area contributed by atoms with Gasteiger partial charge in [-0.25, -0.2) is 4.79 Å². The van der Waals surface area contributed by atoms with E-state index < -0.39 is 0 Å². The average molecular weight is 295 g/mol. The Bertz CT molecular complexity index is 294. The number of amides is 2. The van der Waals surface area contributed by atoms with Crippen molar-refractivity contribution in [3.63, 3.8) is 0 Å². The molecule has 1 saturated carbocycles. The van der Waals surface area contributed by atoms with Crippen LogP contribution in [-0.4, -0.2) is 31.7 Å². The third-order valence-corrected chi connectivity index (χ3v) is 5.16. The van der Waals surface area contributed by atoms with Gasteiger partial charge in [0, 0.05) is 12.6 Å². The zero-order valence-electron chi connectivity index (χ0n) is 13.6. The lowest BCUT2D eigenvalue weighted by molar-refractivity contribution is 0.221. The maximum absolute atomic E-state index is 12.0. The van der Waals surface area contributed by atoms with Crippen molar-refractivity contribution in [2.24, 2.45) is 11.8 Å². The van der Waals surface area contributed by atoms with Crippen LogP contribution < -0.4 is 16.0 Å². The highest BCUT2D eigenvalue weighted by atomic mass is 16.2. The summed E-state index contributed by atoms with van der Waals surface area (Å²) >= 11 is 0. The molecule has 3 N–H and O–H groups in total. The predicted molar refractivity (Wildman–Crippen MR) is 87.4 cm³/mol. The lowest BCUT2D eigenvalue weighted by Crippen LogP contribution is -2.45. The van der Waals surface area contributed by atoms with Crippen molar-refractivity contribution in [3.05, 3.63) is 0 Å². The first-order valence-electron chi connectivity index (χ1n) is 9.03. The van der Waals surface area contributed by atoms with Gasteiger partial charge >= 0.3 is 6.03 Å². The fourth-order valence-electron chi connectivity index (χ4n) is 3.65. The molecule has 4 nitrogen and oxygen atoms in total. The minimum Gasteiger partial charge on any atom is -0.338 e. The quantitative estimate of drug-likeness (QED) is 0.705. The maximum Gasteiger partial charge on any atom is 0.315 e. The topological polar surface area (TPSA) is 53.2 Å². The monoisotopic (exact) mass is 295 g/mol. The van der Waals surface area contributed by atoms with E-state index in [4.69, 9.17) is 0 Å². The number of urea groups is 1. The third kappa shape index (κ3) is 6.25. The first-order valence-corrected chi connectivity index (χ1v) is 9.03. The van der Waals surface area contributed by atoms with E-state index in [-0.39, 0.29) is 6.03 Å². The molecule has 2 aliphatic rings. The van der Waals surface area contributed by atoms with Crippen LogP contribution in [0.15, 0.2) is 0 Å². The number of unbranched alkanes of at least 4 members (excludes halogenated alkanes) is 1. The van der Waals surface area contributed by atoms with Crippen LogP contribution in [0, 0.1) is 11.8 Å². The van der Waals surface area contributed by atoms with E-state index in [1.54, 1.807) is 0 Å². The van der Waals surface area contributed by atoms with Crippen LogP contribution in [0.25, 0.3) is 0 Å². The van der Waals surface area contributed by atoms with E-state index in [1.807, 2.05) is 0 Å². The summed E-state index contributed by atoms with van der Waals surface area (Å²) in [7, 11) is 0. The van der Waals surface area contributed by atoms with E-state index in [0.29, 0.717) is 12.0 Å². The van der Waals surface area contributed by atoms with Crippen LogP contribution in [0.3, 0.4) is 0 Å². The molecule has 1 saturated heterocycles. The molecule has 0 atom stereocenters. The van der Waals surface area contributed by atoms with Crippen LogP contribution in [0.5, 0.6) is 0 Å². The second-order valence-corrected chi connectivity index (χ2v) is 6.91. The molecule has 2 amide bonds. The van der Waals surface area contributed by atoms with Crippen molar-refractivity contribution in [3.8, 4) is 0 Å². The van der Waals surface area contributed by atoms with Crippen molar-refractivity contribution in [2.75, 3.05) is 19.6 Å². The zero-order valence-corrected chi connectivity index (χ0v) is 13.6. The van der Waals surface area contributed by atoms with Crippen LogP contribution in [-0.2, 0) is 0 Å². The van der Waals surface area contributed by atoms with E-state index in [1.165, 1.54) is 44.9 Å². The SMILES string of the molecule is CCCCC1CCC(NC(=O)NCC2CCNCC2)CC1. The summed E-state index contributed by atoms with van der Waals surface area (Å²) < 4.78 is 0. The molecule has 2 rings (SSSR count). The van der Waals surface area contributed by atoms with Crippen molar-refractivity contribution < 1.29 is 4.79 Å². The molecular formula is C17H33N3O. The van der Waals surface area contributed by atoms with Gasteiger partial charge in [-0.15, -0.1) is 0 Å². The Balaban J connectivity index is 1.56. The minimum absolute atomic E-state index is 0.0468. The van der Waals surface area contributed by atoms with Gasteiger partial charge in [0.05, 0.1) is 0 Å². The summed E-state index contributed by atoms with van der Waals surface area (Å²) in [6, 6.07) is 0.446. The molecule has 0 spiro atoms. The third-order valence-electron chi connectivity index (χ3n) is 5.16. The number of nitrogens with one attached hydrogen (secondary N) is 3. The Labute approximate surface area is 129 Å². The van der Waals surface area contributed by atoms with Gasteiger partial charge in [0.25, 0.3) is 0 Å². The van der Waals surface area contributed by atoms with Crippen LogP contribution >= 0.6 is 0 Å². The standard InChI is InChI=1S/C17H33N3O/c1-2-3-4-14-5-7-16(8-6-14)20-17(21)19-13-15-9-11-18-12-10-15/h14-16,18H,2-13H2,1H3,(H2,19,20,21). The van der Waals surface area contributed by atoms with E-state index in [2.05, 4.69) is 22.9 Å². The molecule has 0 aromatic carbocycles. The van der Waals surface area contributed by atoms with Crippen LogP contribution in [0.4, 0.5) is 4.79 Å². The van der Waals surface area contributed by atoms with Crippen molar-refractivity contribution >= 4 is 6.03 Å². The lowest BCUT2D eigenvalue weighted by atomic mass is 9.83. The Kier molecular flexibility index (Phi) is 7.34. The number of carbonyl (C=O) groups is 1. The molecule has 1 aliphatic heterocycles. The second-order valence-electron chi connectivity index (χ2n) is 6.91. The van der Waals surface area contributed by atoms with Gasteiger partial charge < -0.3 is 16.0 Å². The highest BCUT2D eigenvalue weighted by molar-refractivity contribution is 5.74. The number of hydrogen-bond acceptors (Lipinski definition) is 2. The Morgan fingerprint density at radius 1 is 1.05 bits per heavy atom. The second kappa shape index (κ2) is 9.29. The molecule has 122 valence electrons. The van der Waals surface area contributed by atoms with Crippen molar-refractivity contribution in [2.45, 2.75) is 70.8 Å². The highest BCUT2D eigenvalue weighted by Gasteiger charge is 2.22. The van der Waals surface area contributed by atoms with Crippen molar-refractivity contribution in [1.29, 1.82) is 0 Å². The molecule has 2 fully saturated rings. The lowest BCUT2D eigenvalue weighted by Gasteiger charge is -2.29. The molecular weight excluding hydrogens is 262 g/mol. The molecule has 0 radical (unpaired) electrons. The summed E-state index contributed by atoms with van der Waals surface area (Å²) in [6.07, 6.45) is 11.3. The average Bonchev–Trinajstić information content (AvgIpc) is 2.53. The summed E-state index contributed by atoms with van der Waals surface area (Å²) in [5, 5.41) is 9.60. The summed E-state index contributed by atoms with van der Waals surface area (Å²) in [6.45, 7) is 5.28. The fraction of sp³-hybridized carbons (Fsp3) is 0.941. The highest BCUT2D eigenvalue weighted by Crippen LogP contribution is 2.28. The van der Waals surface area contributed by atoms with Gasteiger partial charge in [-0.05, 0) is 63.5 Å². The summed E-state index contributed by atoms with van der Waals surface area (Å²) in [4.78, 5) is 12.0. The van der Waals surface area contributed by atoms with Gasteiger partial charge in [-0.1, -0.05) is 26.2 Å². The number of hydrogen-bond donors (Lipinski definition) is 3.